The summed E-state index contributed by atoms with van der Waals surface area (Å²) >= 11 is 5.90. The zero-order valence-electron chi connectivity index (χ0n) is 13.0. The first-order valence-electron chi connectivity index (χ1n) is 8.36. The first-order chi connectivity index (χ1) is 10.2. The third-order valence-corrected chi connectivity index (χ3v) is 4.78. The maximum absolute atomic E-state index is 13.3. The first-order valence-corrected chi connectivity index (χ1v) is 8.74. The van der Waals surface area contributed by atoms with Crippen LogP contribution in [-0.2, 0) is 6.42 Å². The Morgan fingerprint density at radius 3 is 2.71 bits per heavy atom. The van der Waals surface area contributed by atoms with Gasteiger partial charge in [0.25, 0.3) is 0 Å². The van der Waals surface area contributed by atoms with Crippen LogP contribution in [0.1, 0.15) is 57.4 Å². The van der Waals surface area contributed by atoms with E-state index in [-0.39, 0.29) is 10.8 Å². The smallest absolute Gasteiger partial charge is 0.141 e. The molecule has 0 radical (unpaired) electrons. The second-order valence-electron chi connectivity index (χ2n) is 6.34. The molecule has 0 aromatic heterocycles. The summed E-state index contributed by atoms with van der Waals surface area (Å²) in [7, 11) is 0. The highest BCUT2D eigenvalue weighted by atomic mass is 35.5. The summed E-state index contributed by atoms with van der Waals surface area (Å²) in [6.45, 7) is 3.24. The Kier molecular flexibility index (Phi) is 6.98. The van der Waals surface area contributed by atoms with Gasteiger partial charge in [0, 0.05) is 6.04 Å². The van der Waals surface area contributed by atoms with Crippen molar-refractivity contribution in [2.24, 2.45) is 5.92 Å². The van der Waals surface area contributed by atoms with Gasteiger partial charge in [0.1, 0.15) is 5.82 Å². The lowest BCUT2D eigenvalue weighted by atomic mass is 9.83. The fourth-order valence-electron chi connectivity index (χ4n) is 3.36. The van der Waals surface area contributed by atoms with E-state index < -0.39 is 0 Å². The summed E-state index contributed by atoms with van der Waals surface area (Å²) in [5.41, 5.74) is 1.13. The summed E-state index contributed by atoms with van der Waals surface area (Å²) < 4.78 is 13.3. The fourth-order valence-corrected chi connectivity index (χ4v) is 3.57. The van der Waals surface area contributed by atoms with Crippen molar-refractivity contribution in [3.63, 3.8) is 0 Å². The standard InChI is InChI=1S/C18H27ClFN/c1-2-10-21-16(11-14-6-4-3-5-7-14)12-15-8-9-18(20)17(19)13-15/h8-9,13-14,16,21H,2-7,10-12H2,1H3. The van der Waals surface area contributed by atoms with E-state index in [1.807, 2.05) is 6.07 Å². The van der Waals surface area contributed by atoms with E-state index in [1.54, 1.807) is 6.07 Å². The van der Waals surface area contributed by atoms with E-state index in [2.05, 4.69) is 12.2 Å². The lowest BCUT2D eigenvalue weighted by molar-refractivity contribution is 0.296. The van der Waals surface area contributed by atoms with Gasteiger partial charge in [-0.25, -0.2) is 4.39 Å². The second kappa shape index (κ2) is 8.75. The number of hydrogen-bond acceptors (Lipinski definition) is 1. The van der Waals surface area contributed by atoms with Crippen molar-refractivity contribution in [3.8, 4) is 0 Å². The van der Waals surface area contributed by atoms with Gasteiger partial charge in [-0.15, -0.1) is 0 Å². The minimum absolute atomic E-state index is 0.236. The number of nitrogens with one attached hydrogen (secondary N) is 1. The maximum Gasteiger partial charge on any atom is 0.141 e. The molecule has 3 heteroatoms. The summed E-state index contributed by atoms with van der Waals surface area (Å²) in [5, 5.41) is 3.90. The van der Waals surface area contributed by atoms with Crippen molar-refractivity contribution >= 4 is 11.6 Å². The summed E-state index contributed by atoms with van der Waals surface area (Å²) in [6, 6.07) is 5.60. The van der Waals surface area contributed by atoms with Gasteiger partial charge < -0.3 is 5.32 Å². The Morgan fingerprint density at radius 1 is 1.29 bits per heavy atom. The van der Waals surface area contributed by atoms with Gasteiger partial charge >= 0.3 is 0 Å². The molecule has 21 heavy (non-hydrogen) atoms. The van der Waals surface area contributed by atoms with Crippen LogP contribution in [0.25, 0.3) is 0 Å². The van der Waals surface area contributed by atoms with Crippen LogP contribution in [0.15, 0.2) is 18.2 Å². The number of hydrogen-bond donors (Lipinski definition) is 1. The van der Waals surface area contributed by atoms with Crippen LogP contribution in [0.3, 0.4) is 0 Å². The number of benzene rings is 1. The summed E-state index contributed by atoms with van der Waals surface area (Å²) in [4.78, 5) is 0. The molecular formula is C18H27ClFN. The fraction of sp³-hybridized carbons (Fsp3) is 0.667. The average Bonchev–Trinajstić information content (AvgIpc) is 2.49. The highest BCUT2D eigenvalue weighted by Gasteiger charge is 2.19. The van der Waals surface area contributed by atoms with Gasteiger partial charge in [0.2, 0.25) is 0 Å². The van der Waals surface area contributed by atoms with Gasteiger partial charge in [-0.05, 0) is 49.4 Å². The zero-order chi connectivity index (χ0) is 15.1. The molecule has 1 nitrogen and oxygen atoms in total. The van der Waals surface area contributed by atoms with E-state index in [4.69, 9.17) is 11.6 Å². The van der Waals surface area contributed by atoms with Gasteiger partial charge in [-0.3, -0.25) is 0 Å². The summed E-state index contributed by atoms with van der Waals surface area (Å²) in [6.07, 6.45) is 10.2. The van der Waals surface area contributed by atoms with Crippen LogP contribution in [0, 0.1) is 11.7 Å². The van der Waals surface area contributed by atoms with E-state index in [0.29, 0.717) is 6.04 Å². The maximum atomic E-state index is 13.3. The molecule has 1 aromatic carbocycles. The molecule has 0 heterocycles. The van der Waals surface area contributed by atoms with Crippen molar-refractivity contribution < 1.29 is 4.39 Å². The lowest BCUT2D eigenvalue weighted by Gasteiger charge is -2.27. The van der Waals surface area contributed by atoms with Crippen molar-refractivity contribution in [1.82, 2.24) is 5.32 Å². The Labute approximate surface area is 133 Å². The zero-order valence-corrected chi connectivity index (χ0v) is 13.8. The molecule has 1 aliphatic carbocycles. The van der Waals surface area contributed by atoms with E-state index >= 15 is 0 Å². The molecule has 0 amide bonds. The second-order valence-corrected chi connectivity index (χ2v) is 6.75. The molecule has 1 aliphatic rings. The van der Waals surface area contributed by atoms with Gasteiger partial charge in [0.05, 0.1) is 5.02 Å². The van der Waals surface area contributed by atoms with Gasteiger partial charge in [-0.1, -0.05) is 56.7 Å². The average molecular weight is 312 g/mol. The number of rotatable bonds is 7. The molecule has 0 saturated heterocycles. The Bertz CT molecular complexity index is 429. The molecule has 1 saturated carbocycles. The Morgan fingerprint density at radius 2 is 2.05 bits per heavy atom. The highest BCUT2D eigenvalue weighted by molar-refractivity contribution is 6.30. The van der Waals surface area contributed by atoms with Crippen LogP contribution in [0.5, 0.6) is 0 Å². The van der Waals surface area contributed by atoms with Gasteiger partial charge in [-0.2, -0.15) is 0 Å². The molecule has 1 aromatic rings. The molecule has 1 N–H and O–H groups in total. The normalized spacial score (nSPS) is 17.9. The van der Waals surface area contributed by atoms with E-state index in [1.165, 1.54) is 44.6 Å². The molecule has 0 aliphatic heterocycles. The van der Waals surface area contributed by atoms with Crippen molar-refractivity contribution in [2.75, 3.05) is 6.54 Å². The molecule has 118 valence electrons. The Hall–Kier alpha value is -0.600. The third kappa shape index (κ3) is 5.60. The molecule has 0 bridgehead atoms. The monoisotopic (exact) mass is 311 g/mol. The molecule has 2 rings (SSSR count). The van der Waals surface area contributed by atoms with E-state index in [0.717, 1.165) is 30.9 Å². The van der Waals surface area contributed by atoms with Crippen LogP contribution >= 0.6 is 11.6 Å². The number of halogens is 2. The molecule has 1 atom stereocenters. The van der Waals surface area contributed by atoms with Crippen molar-refractivity contribution in [3.05, 3.63) is 34.6 Å². The minimum atomic E-state index is -0.328. The van der Waals surface area contributed by atoms with Crippen LogP contribution < -0.4 is 5.32 Å². The quantitative estimate of drug-likeness (QED) is 0.714. The first kappa shape index (κ1) is 16.8. The predicted octanol–water partition coefficient (Wildman–Crippen LogP) is 5.36. The van der Waals surface area contributed by atoms with Crippen LogP contribution in [-0.4, -0.2) is 12.6 Å². The van der Waals surface area contributed by atoms with E-state index in [9.17, 15) is 4.39 Å². The van der Waals surface area contributed by atoms with Crippen molar-refractivity contribution in [1.29, 1.82) is 0 Å². The molecule has 1 unspecified atom stereocenters. The molecular weight excluding hydrogens is 285 g/mol. The minimum Gasteiger partial charge on any atom is -0.314 e. The van der Waals surface area contributed by atoms with Crippen molar-refractivity contribution in [2.45, 2.75) is 64.3 Å². The largest absolute Gasteiger partial charge is 0.314 e. The Balaban J connectivity index is 1.95. The molecule has 1 fully saturated rings. The van der Waals surface area contributed by atoms with Crippen LogP contribution in [0.4, 0.5) is 4.39 Å². The lowest BCUT2D eigenvalue weighted by Crippen LogP contribution is -2.34. The van der Waals surface area contributed by atoms with Crippen LogP contribution in [0.2, 0.25) is 5.02 Å². The molecule has 0 spiro atoms. The SMILES string of the molecule is CCCNC(Cc1ccc(F)c(Cl)c1)CC1CCCCC1. The third-order valence-electron chi connectivity index (χ3n) is 4.49. The summed E-state index contributed by atoms with van der Waals surface area (Å²) in [5.74, 6) is 0.523. The van der Waals surface area contributed by atoms with Gasteiger partial charge in [0.15, 0.2) is 0 Å². The highest BCUT2D eigenvalue weighted by Crippen LogP contribution is 2.28. The topological polar surface area (TPSA) is 12.0 Å². The predicted molar refractivity (Wildman–Crippen MR) is 88.4 cm³/mol.